The number of aliphatic hydroxyl groups excluding tert-OH is 1. The summed E-state index contributed by atoms with van der Waals surface area (Å²) in [6, 6.07) is 0. The van der Waals surface area contributed by atoms with Crippen molar-refractivity contribution in [1.82, 2.24) is 0 Å². The average Bonchev–Trinajstić information content (AvgIpc) is 2.40. The molecule has 0 aliphatic rings. The fourth-order valence-corrected chi connectivity index (χ4v) is 1.39. The molecule has 0 bridgehead atoms. The highest BCUT2D eigenvalue weighted by atomic mass is 36.0. The van der Waals surface area contributed by atoms with E-state index in [0.29, 0.717) is 6.61 Å². The zero-order chi connectivity index (χ0) is 16.1. The Bertz CT molecular complexity index is 155. The van der Waals surface area contributed by atoms with Crippen LogP contribution in [-0.4, -0.2) is 34.9 Å². The van der Waals surface area contributed by atoms with Crippen LogP contribution in [0.2, 0.25) is 0 Å². The van der Waals surface area contributed by atoms with E-state index < -0.39 is 9.23 Å². The lowest BCUT2D eigenvalue weighted by atomic mass is 10.2. The molecule has 0 heterocycles. The third-order valence-corrected chi connectivity index (χ3v) is 2.47. The number of rotatable bonds is 10. The SMILES string of the molecule is Cl.NCCCCCCCl.NCCCCCCO.O=S(Cl)Cl. The van der Waals surface area contributed by atoms with Gasteiger partial charge in [0.05, 0.1) is 0 Å². The van der Waals surface area contributed by atoms with Crippen molar-refractivity contribution in [3.63, 3.8) is 0 Å². The van der Waals surface area contributed by atoms with E-state index in [1.807, 2.05) is 0 Å². The van der Waals surface area contributed by atoms with Crippen LogP contribution in [0.25, 0.3) is 0 Å². The quantitative estimate of drug-likeness (QED) is 0.292. The van der Waals surface area contributed by atoms with Crippen LogP contribution in [0.3, 0.4) is 0 Å². The summed E-state index contributed by atoms with van der Waals surface area (Å²) in [6.45, 7) is 1.93. The second-order valence-electron chi connectivity index (χ2n) is 4.00. The maximum Gasteiger partial charge on any atom is 0.211 e. The third kappa shape index (κ3) is 62.3. The van der Waals surface area contributed by atoms with Crippen LogP contribution < -0.4 is 11.5 Å². The summed E-state index contributed by atoms with van der Waals surface area (Å²) < 4.78 is 9.09. The van der Waals surface area contributed by atoms with E-state index in [-0.39, 0.29) is 12.4 Å². The fraction of sp³-hybridized carbons (Fsp3) is 1.00. The summed E-state index contributed by atoms with van der Waals surface area (Å²) in [5.74, 6) is 0.796. The molecule has 0 aliphatic carbocycles. The van der Waals surface area contributed by atoms with E-state index in [2.05, 4.69) is 21.4 Å². The van der Waals surface area contributed by atoms with Crippen LogP contribution in [0.15, 0.2) is 0 Å². The smallest absolute Gasteiger partial charge is 0.211 e. The molecule has 0 spiro atoms. The predicted octanol–water partition coefficient (Wildman–Crippen LogP) is 3.71. The van der Waals surface area contributed by atoms with Crippen LogP contribution in [0.5, 0.6) is 0 Å². The lowest BCUT2D eigenvalue weighted by Gasteiger charge is -1.93. The van der Waals surface area contributed by atoms with Crippen molar-refractivity contribution in [2.45, 2.75) is 51.4 Å². The van der Waals surface area contributed by atoms with Crippen LogP contribution in [0.1, 0.15) is 51.4 Å². The van der Waals surface area contributed by atoms with Crippen molar-refractivity contribution >= 4 is 54.6 Å². The van der Waals surface area contributed by atoms with Crippen molar-refractivity contribution in [1.29, 1.82) is 0 Å². The van der Waals surface area contributed by atoms with Crippen LogP contribution >= 0.6 is 45.4 Å². The lowest BCUT2D eigenvalue weighted by Crippen LogP contribution is -1.97. The van der Waals surface area contributed by atoms with Gasteiger partial charge in [0.15, 0.2) is 0 Å². The predicted molar refractivity (Wildman–Crippen MR) is 99.9 cm³/mol. The van der Waals surface area contributed by atoms with Gasteiger partial charge in [-0.3, -0.25) is 0 Å². The van der Waals surface area contributed by atoms with Crippen LogP contribution in [0, 0.1) is 0 Å². The zero-order valence-corrected chi connectivity index (χ0v) is 16.3. The Morgan fingerprint density at radius 2 is 1.14 bits per heavy atom. The van der Waals surface area contributed by atoms with Gasteiger partial charge in [-0.05, 0) is 38.8 Å². The summed E-state index contributed by atoms with van der Waals surface area (Å²) >= 11 is 5.45. The van der Waals surface area contributed by atoms with Crippen molar-refractivity contribution in [2.24, 2.45) is 11.5 Å². The molecule has 0 aromatic rings. The number of unbranched alkanes of at least 4 members (excludes halogenated alkanes) is 6. The Labute approximate surface area is 152 Å². The largest absolute Gasteiger partial charge is 0.396 e. The Balaban J connectivity index is -0.000000107. The van der Waals surface area contributed by atoms with E-state index in [1.165, 1.54) is 12.8 Å². The molecule has 0 aliphatic heterocycles. The standard InChI is InChI=1S/C6H14ClN.C6H15NO.Cl2OS.ClH/c2*7-5-3-1-2-4-6-8;1-4(2)3;/h1-6,8H2;8H,1-7H2;;1H. The van der Waals surface area contributed by atoms with Gasteiger partial charge in [-0.1, -0.05) is 25.7 Å². The summed E-state index contributed by atoms with van der Waals surface area (Å²) in [5.41, 5.74) is 10.5. The minimum atomic E-state index is -1.67. The summed E-state index contributed by atoms with van der Waals surface area (Å²) in [7, 11) is 7.36. The highest BCUT2D eigenvalue weighted by Crippen LogP contribution is 1.98. The van der Waals surface area contributed by atoms with Crippen molar-refractivity contribution < 1.29 is 9.32 Å². The first kappa shape index (κ1) is 30.1. The Hall–Kier alpha value is 1.19. The molecular weight excluding hydrogens is 378 g/mol. The van der Waals surface area contributed by atoms with Gasteiger partial charge < -0.3 is 16.6 Å². The van der Waals surface area contributed by atoms with Gasteiger partial charge in [-0.2, -0.15) is 0 Å². The van der Waals surface area contributed by atoms with E-state index in [1.54, 1.807) is 0 Å². The first-order valence-corrected chi connectivity index (χ1v) is 10.2. The molecule has 5 N–H and O–H groups in total. The molecule has 0 saturated heterocycles. The highest BCUT2D eigenvalue weighted by molar-refractivity contribution is 8.26. The molecule has 0 aromatic carbocycles. The van der Waals surface area contributed by atoms with Gasteiger partial charge >= 0.3 is 0 Å². The maximum atomic E-state index is 9.09. The molecule has 0 amide bonds. The second-order valence-corrected chi connectivity index (χ2v) is 6.90. The monoisotopic (exact) mass is 406 g/mol. The molecule has 0 rings (SSSR count). The molecular formula is C12H30Cl4N2O2S. The van der Waals surface area contributed by atoms with Gasteiger partial charge in [-0.15, -0.1) is 24.0 Å². The Morgan fingerprint density at radius 1 is 0.810 bits per heavy atom. The molecule has 9 heteroatoms. The minimum Gasteiger partial charge on any atom is -0.396 e. The van der Waals surface area contributed by atoms with E-state index >= 15 is 0 Å². The molecule has 21 heavy (non-hydrogen) atoms. The molecule has 134 valence electrons. The molecule has 0 aromatic heterocycles. The first-order valence-electron chi connectivity index (χ1n) is 6.88. The van der Waals surface area contributed by atoms with Gasteiger partial charge in [0.1, 0.15) is 0 Å². The molecule has 0 atom stereocenters. The number of aliphatic hydroxyl groups is 1. The topological polar surface area (TPSA) is 89.3 Å². The fourth-order valence-electron chi connectivity index (χ4n) is 1.20. The van der Waals surface area contributed by atoms with Crippen molar-refractivity contribution in [2.75, 3.05) is 25.6 Å². The molecule has 0 unspecified atom stereocenters. The van der Waals surface area contributed by atoms with Crippen molar-refractivity contribution in [3.05, 3.63) is 0 Å². The highest BCUT2D eigenvalue weighted by Gasteiger charge is 1.84. The third-order valence-electron chi connectivity index (χ3n) is 2.20. The van der Waals surface area contributed by atoms with Gasteiger partial charge in [0.25, 0.3) is 0 Å². The number of halogens is 4. The molecule has 0 radical (unpaired) electrons. The Morgan fingerprint density at radius 3 is 1.43 bits per heavy atom. The summed E-state index contributed by atoms with van der Waals surface area (Å²) in [4.78, 5) is 0. The number of hydrogen-bond donors (Lipinski definition) is 3. The first-order chi connectivity index (χ1) is 9.56. The van der Waals surface area contributed by atoms with Gasteiger partial charge in [-0.25, -0.2) is 4.21 Å². The van der Waals surface area contributed by atoms with Crippen LogP contribution in [-0.2, 0) is 9.23 Å². The zero-order valence-electron chi connectivity index (χ0n) is 12.4. The van der Waals surface area contributed by atoms with E-state index in [0.717, 1.165) is 57.5 Å². The molecule has 0 saturated carbocycles. The summed E-state index contributed by atoms with van der Waals surface area (Å²) in [5, 5.41) is 8.33. The molecule has 0 fully saturated rings. The average molecular weight is 408 g/mol. The van der Waals surface area contributed by atoms with E-state index in [4.69, 9.17) is 32.4 Å². The number of hydrogen-bond acceptors (Lipinski definition) is 4. The maximum absolute atomic E-state index is 9.09. The van der Waals surface area contributed by atoms with Gasteiger partial charge in [0.2, 0.25) is 9.23 Å². The molecule has 4 nitrogen and oxygen atoms in total. The lowest BCUT2D eigenvalue weighted by molar-refractivity contribution is 0.282. The number of nitrogens with two attached hydrogens (primary N) is 2. The normalized spacial score (nSPS) is 9.10. The second kappa shape index (κ2) is 33.0. The number of alkyl halides is 1. The summed E-state index contributed by atoms with van der Waals surface area (Å²) in [6.07, 6.45) is 9.08. The minimum absolute atomic E-state index is 0. The van der Waals surface area contributed by atoms with Crippen LogP contribution in [0.4, 0.5) is 0 Å². The van der Waals surface area contributed by atoms with Crippen molar-refractivity contribution in [3.8, 4) is 0 Å². The van der Waals surface area contributed by atoms with Gasteiger partial charge in [0, 0.05) is 33.9 Å². The van der Waals surface area contributed by atoms with E-state index in [9.17, 15) is 0 Å². The Kier molecular flexibility index (Phi) is 47.3.